The normalized spacial score (nSPS) is 10.1. The van der Waals surface area contributed by atoms with Crippen LogP contribution >= 0.6 is 11.6 Å². The summed E-state index contributed by atoms with van der Waals surface area (Å²) in [5.74, 6) is 0.766. The smallest absolute Gasteiger partial charge is 0.119 e. The molecule has 0 radical (unpaired) electrons. The summed E-state index contributed by atoms with van der Waals surface area (Å²) in [6.45, 7) is 0. The highest BCUT2D eigenvalue weighted by Crippen LogP contribution is 2.34. The Labute approximate surface area is 99.6 Å². The SMILES string of the molecule is COc1ccc(Cl)c(-c2ccccc2N)c1. The number of benzene rings is 2. The predicted octanol–water partition coefficient (Wildman–Crippen LogP) is 3.60. The number of hydrogen-bond donors (Lipinski definition) is 1. The zero-order valence-corrected chi connectivity index (χ0v) is 9.66. The highest BCUT2D eigenvalue weighted by Gasteiger charge is 2.07. The van der Waals surface area contributed by atoms with Gasteiger partial charge in [0.2, 0.25) is 0 Å². The van der Waals surface area contributed by atoms with Gasteiger partial charge in [-0.1, -0.05) is 29.8 Å². The zero-order chi connectivity index (χ0) is 11.5. The summed E-state index contributed by atoms with van der Waals surface area (Å²) in [5.41, 5.74) is 8.43. The van der Waals surface area contributed by atoms with Crippen molar-refractivity contribution in [3.8, 4) is 16.9 Å². The van der Waals surface area contributed by atoms with Crippen molar-refractivity contribution < 1.29 is 4.74 Å². The van der Waals surface area contributed by atoms with Crippen molar-refractivity contribution in [2.75, 3.05) is 12.8 Å². The molecule has 3 heteroatoms. The van der Waals surface area contributed by atoms with Gasteiger partial charge in [0.15, 0.2) is 0 Å². The molecule has 0 heterocycles. The number of halogens is 1. The number of rotatable bonds is 2. The van der Waals surface area contributed by atoms with E-state index in [1.54, 1.807) is 7.11 Å². The molecular formula is C13H12ClNO. The van der Waals surface area contributed by atoms with Gasteiger partial charge in [0, 0.05) is 21.8 Å². The van der Waals surface area contributed by atoms with E-state index in [0.29, 0.717) is 10.7 Å². The van der Waals surface area contributed by atoms with E-state index in [1.165, 1.54) is 0 Å². The van der Waals surface area contributed by atoms with Crippen LogP contribution in [-0.2, 0) is 0 Å². The Hall–Kier alpha value is -1.67. The van der Waals surface area contributed by atoms with Crippen LogP contribution in [0.3, 0.4) is 0 Å². The third-order valence-corrected chi connectivity index (χ3v) is 2.75. The second-order valence-corrected chi connectivity index (χ2v) is 3.84. The Morgan fingerprint density at radius 3 is 2.50 bits per heavy atom. The Morgan fingerprint density at radius 1 is 1.06 bits per heavy atom. The molecule has 2 N–H and O–H groups in total. The van der Waals surface area contributed by atoms with Gasteiger partial charge in [-0.15, -0.1) is 0 Å². The summed E-state index contributed by atoms with van der Waals surface area (Å²) in [6, 6.07) is 13.1. The van der Waals surface area contributed by atoms with Gasteiger partial charge in [0.05, 0.1) is 7.11 Å². The third kappa shape index (κ3) is 1.97. The quantitative estimate of drug-likeness (QED) is 0.805. The average molecular weight is 234 g/mol. The van der Waals surface area contributed by atoms with Gasteiger partial charge in [-0.05, 0) is 24.3 Å². The van der Waals surface area contributed by atoms with Gasteiger partial charge >= 0.3 is 0 Å². The van der Waals surface area contributed by atoms with Crippen molar-refractivity contribution in [2.24, 2.45) is 0 Å². The molecule has 0 unspecified atom stereocenters. The molecule has 2 nitrogen and oxygen atoms in total. The minimum absolute atomic E-state index is 0.665. The van der Waals surface area contributed by atoms with Gasteiger partial charge in [0.1, 0.15) is 5.75 Å². The maximum Gasteiger partial charge on any atom is 0.119 e. The lowest BCUT2D eigenvalue weighted by atomic mass is 10.0. The fourth-order valence-electron chi connectivity index (χ4n) is 1.58. The molecule has 2 aromatic carbocycles. The van der Waals surface area contributed by atoms with Crippen molar-refractivity contribution in [3.05, 3.63) is 47.5 Å². The summed E-state index contributed by atoms with van der Waals surface area (Å²) in [4.78, 5) is 0. The van der Waals surface area contributed by atoms with Gasteiger partial charge in [0.25, 0.3) is 0 Å². The van der Waals surface area contributed by atoms with Crippen molar-refractivity contribution in [1.29, 1.82) is 0 Å². The molecule has 2 aromatic rings. The summed E-state index contributed by atoms with van der Waals surface area (Å²) < 4.78 is 5.17. The first-order valence-corrected chi connectivity index (χ1v) is 5.28. The molecule has 0 atom stereocenters. The van der Waals surface area contributed by atoms with Crippen molar-refractivity contribution >= 4 is 17.3 Å². The van der Waals surface area contributed by atoms with Gasteiger partial charge in [-0.3, -0.25) is 0 Å². The van der Waals surface area contributed by atoms with Crippen LogP contribution in [0.4, 0.5) is 5.69 Å². The number of anilines is 1. The fourth-order valence-corrected chi connectivity index (χ4v) is 1.80. The number of hydrogen-bond acceptors (Lipinski definition) is 2. The first-order chi connectivity index (χ1) is 7.72. The highest BCUT2D eigenvalue weighted by atomic mass is 35.5. The van der Waals surface area contributed by atoms with Crippen LogP contribution in [0.25, 0.3) is 11.1 Å². The Morgan fingerprint density at radius 2 is 1.81 bits per heavy atom. The van der Waals surface area contributed by atoms with E-state index in [4.69, 9.17) is 22.1 Å². The van der Waals surface area contributed by atoms with E-state index in [0.717, 1.165) is 16.9 Å². The topological polar surface area (TPSA) is 35.2 Å². The summed E-state index contributed by atoms with van der Waals surface area (Å²) in [5, 5.41) is 0.665. The monoisotopic (exact) mass is 233 g/mol. The standard InChI is InChI=1S/C13H12ClNO/c1-16-9-6-7-12(14)11(8-9)10-4-2-3-5-13(10)15/h2-8H,15H2,1H3. The molecule has 0 saturated carbocycles. The van der Waals surface area contributed by atoms with E-state index in [9.17, 15) is 0 Å². The molecule has 0 aliphatic rings. The molecular weight excluding hydrogens is 222 g/mol. The zero-order valence-electron chi connectivity index (χ0n) is 8.91. The van der Waals surface area contributed by atoms with Crippen LogP contribution in [0.15, 0.2) is 42.5 Å². The summed E-state index contributed by atoms with van der Waals surface area (Å²) in [7, 11) is 1.63. The van der Waals surface area contributed by atoms with Crippen molar-refractivity contribution in [1.82, 2.24) is 0 Å². The minimum atomic E-state index is 0.665. The molecule has 0 aromatic heterocycles. The maximum atomic E-state index is 6.15. The van der Waals surface area contributed by atoms with Crippen LogP contribution in [0, 0.1) is 0 Å². The number of para-hydroxylation sites is 1. The molecule has 0 aliphatic heterocycles. The second kappa shape index (κ2) is 4.45. The molecule has 82 valence electrons. The van der Waals surface area contributed by atoms with Crippen molar-refractivity contribution in [3.63, 3.8) is 0 Å². The molecule has 16 heavy (non-hydrogen) atoms. The van der Waals surface area contributed by atoms with E-state index < -0.39 is 0 Å². The Bertz CT molecular complexity index is 511. The third-order valence-electron chi connectivity index (χ3n) is 2.42. The molecule has 0 fully saturated rings. The Kier molecular flexibility index (Phi) is 3.02. The number of nitrogen functional groups attached to an aromatic ring is 1. The molecule has 0 aliphatic carbocycles. The molecule has 0 bridgehead atoms. The summed E-state index contributed by atoms with van der Waals surface area (Å²) in [6.07, 6.45) is 0. The lowest BCUT2D eigenvalue weighted by Gasteiger charge is -2.09. The van der Waals surface area contributed by atoms with Crippen molar-refractivity contribution in [2.45, 2.75) is 0 Å². The lowest BCUT2D eigenvalue weighted by Crippen LogP contribution is -1.91. The maximum absolute atomic E-state index is 6.15. The first-order valence-electron chi connectivity index (χ1n) is 4.91. The summed E-state index contributed by atoms with van der Waals surface area (Å²) >= 11 is 6.15. The van der Waals surface area contributed by atoms with Crippen LogP contribution in [0.1, 0.15) is 0 Å². The second-order valence-electron chi connectivity index (χ2n) is 3.43. The molecule has 0 amide bonds. The van der Waals surface area contributed by atoms with Crippen LogP contribution in [0.5, 0.6) is 5.75 Å². The van der Waals surface area contributed by atoms with E-state index in [1.807, 2.05) is 42.5 Å². The lowest BCUT2D eigenvalue weighted by molar-refractivity contribution is 0.415. The largest absolute Gasteiger partial charge is 0.497 e. The Balaban J connectivity index is 2.59. The number of ether oxygens (including phenoxy) is 1. The van der Waals surface area contributed by atoms with Gasteiger partial charge in [-0.25, -0.2) is 0 Å². The van der Waals surface area contributed by atoms with E-state index >= 15 is 0 Å². The van der Waals surface area contributed by atoms with Gasteiger partial charge in [-0.2, -0.15) is 0 Å². The van der Waals surface area contributed by atoms with Gasteiger partial charge < -0.3 is 10.5 Å². The molecule has 0 saturated heterocycles. The number of nitrogens with two attached hydrogens (primary N) is 1. The number of methoxy groups -OCH3 is 1. The first kappa shape index (κ1) is 10.8. The fraction of sp³-hybridized carbons (Fsp3) is 0.0769. The predicted molar refractivity (Wildman–Crippen MR) is 67.9 cm³/mol. The van der Waals surface area contributed by atoms with Crippen LogP contribution in [-0.4, -0.2) is 7.11 Å². The van der Waals surface area contributed by atoms with Crippen LogP contribution in [0.2, 0.25) is 5.02 Å². The van der Waals surface area contributed by atoms with E-state index in [2.05, 4.69) is 0 Å². The molecule has 2 rings (SSSR count). The van der Waals surface area contributed by atoms with Crippen LogP contribution < -0.4 is 10.5 Å². The molecule has 0 spiro atoms. The average Bonchev–Trinajstić information content (AvgIpc) is 2.31. The minimum Gasteiger partial charge on any atom is -0.497 e. The van der Waals surface area contributed by atoms with E-state index in [-0.39, 0.29) is 0 Å². The highest BCUT2D eigenvalue weighted by molar-refractivity contribution is 6.33.